The average molecular weight is 437 g/mol. The summed E-state index contributed by atoms with van der Waals surface area (Å²) in [5.41, 5.74) is 2.53. The molecule has 1 aliphatic heterocycles. The Kier molecular flexibility index (Phi) is 6.12. The lowest BCUT2D eigenvalue weighted by Gasteiger charge is -2.36. The van der Waals surface area contributed by atoms with Crippen molar-refractivity contribution < 1.29 is 14.5 Å². The third kappa shape index (κ3) is 4.74. The molecule has 8 heteroatoms. The van der Waals surface area contributed by atoms with E-state index in [9.17, 15) is 19.7 Å². The molecule has 2 fully saturated rings. The normalized spacial score (nSPS) is 16.2. The van der Waals surface area contributed by atoms with Gasteiger partial charge in [-0.3, -0.25) is 19.7 Å². The number of carbonyl (C=O) groups is 2. The number of benzene rings is 2. The van der Waals surface area contributed by atoms with Crippen LogP contribution in [0, 0.1) is 10.1 Å². The van der Waals surface area contributed by atoms with Gasteiger partial charge in [0.05, 0.1) is 4.92 Å². The summed E-state index contributed by atoms with van der Waals surface area (Å²) in [4.78, 5) is 40.1. The van der Waals surface area contributed by atoms with Crippen LogP contribution in [0.25, 0.3) is 0 Å². The minimum Gasteiger partial charge on any atom is -0.362 e. The number of nitro benzene ring substituents is 1. The molecule has 2 aliphatic rings. The molecule has 0 radical (unpaired) electrons. The molecule has 0 spiro atoms. The number of amides is 2. The van der Waals surface area contributed by atoms with E-state index >= 15 is 0 Å². The predicted molar refractivity (Wildman–Crippen MR) is 122 cm³/mol. The average Bonchev–Trinajstić information content (AvgIpc) is 3.62. The standard InChI is InChI=1S/C24H28N4O4/c1-16(2)17-3-5-18(6-4-17)24(30)27-13-11-26(12-14-27)21-10-7-19(15-22(21)28(31)32)23(29)25-20-8-9-20/h3-7,10,15-16,20H,8-9,11-14H2,1-2H3,(H,25,29). The first-order valence-corrected chi connectivity index (χ1v) is 11.1. The highest BCUT2D eigenvalue weighted by molar-refractivity contribution is 5.96. The first kappa shape index (κ1) is 21.8. The van der Waals surface area contributed by atoms with Gasteiger partial charge in [0.1, 0.15) is 5.69 Å². The maximum absolute atomic E-state index is 12.9. The third-order valence-electron chi connectivity index (χ3n) is 6.08. The van der Waals surface area contributed by atoms with Crippen LogP contribution in [0.1, 0.15) is 58.9 Å². The summed E-state index contributed by atoms with van der Waals surface area (Å²) < 4.78 is 0. The molecule has 1 saturated heterocycles. The van der Waals surface area contributed by atoms with Gasteiger partial charge < -0.3 is 15.1 Å². The second-order valence-corrected chi connectivity index (χ2v) is 8.76. The fourth-order valence-corrected chi connectivity index (χ4v) is 3.92. The molecular formula is C24H28N4O4. The summed E-state index contributed by atoms with van der Waals surface area (Å²) >= 11 is 0. The molecule has 0 unspecified atom stereocenters. The summed E-state index contributed by atoms with van der Waals surface area (Å²) in [5.74, 6) is 0.104. The van der Waals surface area contributed by atoms with Gasteiger partial charge in [0.15, 0.2) is 0 Å². The molecule has 4 rings (SSSR count). The van der Waals surface area contributed by atoms with Gasteiger partial charge in [-0.25, -0.2) is 0 Å². The van der Waals surface area contributed by atoms with E-state index in [0.29, 0.717) is 48.9 Å². The molecule has 2 aromatic carbocycles. The van der Waals surface area contributed by atoms with Gasteiger partial charge in [-0.2, -0.15) is 0 Å². The van der Waals surface area contributed by atoms with E-state index in [-0.39, 0.29) is 23.5 Å². The maximum atomic E-state index is 12.9. The Morgan fingerprint density at radius 2 is 1.62 bits per heavy atom. The van der Waals surface area contributed by atoms with Crippen LogP contribution >= 0.6 is 0 Å². The first-order valence-electron chi connectivity index (χ1n) is 11.1. The lowest BCUT2D eigenvalue weighted by molar-refractivity contribution is -0.384. The van der Waals surface area contributed by atoms with Crippen molar-refractivity contribution in [2.45, 2.75) is 38.6 Å². The quantitative estimate of drug-likeness (QED) is 0.552. The Bertz CT molecular complexity index is 1020. The second-order valence-electron chi connectivity index (χ2n) is 8.76. The number of anilines is 1. The van der Waals surface area contributed by atoms with Crippen LogP contribution in [-0.2, 0) is 0 Å². The number of nitrogens with zero attached hydrogens (tertiary/aromatic N) is 3. The summed E-state index contributed by atoms with van der Waals surface area (Å²) in [6.07, 6.45) is 1.91. The van der Waals surface area contributed by atoms with Crippen molar-refractivity contribution in [2.24, 2.45) is 0 Å². The van der Waals surface area contributed by atoms with Crippen LogP contribution in [0.5, 0.6) is 0 Å². The van der Waals surface area contributed by atoms with E-state index in [2.05, 4.69) is 19.2 Å². The molecule has 1 heterocycles. The Balaban J connectivity index is 1.43. The number of nitro groups is 1. The third-order valence-corrected chi connectivity index (χ3v) is 6.08. The number of hydrogen-bond acceptors (Lipinski definition) is 5. The van der Waals surface area contributed by atoms with Crippen LogP contribution in [0.15, 0.2) is 42.5 Å². The van der Waals surface area contributed by atoms with Crippen molar-refractivity contribution in [3.8, 4) is 0 Å². The van der Waals surface area contributed by atoms with E-state index in [1.165, 1.54) is 11.6 Å². The predicted octanol–water partition coefficient (Wildman–Crippen LogP) is 3.57. The summed E-state index contributed by atoms with van der Waals surface area (Å²) in [7, 11) is 0. The highest BCUT2D eigenvalue weighted by Gasteiger charge is 2.29. The van der Waals surface area contributed by atoms with Crippen LogP contribution < -0.4 is 10.2 Å². The molecule has 168 valence electrons. The van der Waals surface area contributed by atoms with E-state index in [1.807, 2.05) is 29.2 Å². The Hall–Kier alpha value is -3.42. The Labute approximate surface area is 187 Å². The van der Waals surface area contributed by atoms with Crippen molar-refractivity contribution >= 4 is 23.2 Å². The second kappa shape index (κ2) is 8.98. The monoisotopic (exact) mass is 436 g/mol. The van der Waals surface area contributed by atoms with Gasteiger partial charge in [0.25, 0.3) is 17.5 Å². The smallest absolute Gasteiger partial charge is 0.293 e. The summed E-state index contributed by atoms with van der Waals surface area (Å²) in [6.45, 7) is 6.16. The van der Waals surface area contributed by atoms with Gasteiger partial charge >= 0.3 is 0 Å². The van der Waals surface area contributed by atoms with Crippen molar-refractivity contribution in [3.63, 3.8) is 0 Å². The molecule has 2 aromatic rings. The zero-order valence-corrected chi connectivity index (χ0v) is 18.4. The molecule has 1 saturated carbocycles. The number of piperazine rings is 1. The summed E-state index contributed by atoms with van der Waals surface area (Å²) in [6, 6.07) is 12.5. The van der Waals surface area contributed by atoms with Gasteiger partial charge in [-0.05, 0) is 48.6 Å². The van der Waals surface area contributed by atoms with E-state index in [0.717, 1.165) is 12.8 Å². The van der Waals surface area contributed by atoms with Crippen LogP contribution in [0.4, 0.5) is 11.4 Å². The molecule has 1 N–H and O–H groups in total. The Morgan fingerprint density at radius 3 is 2.19 bits per heavy atom. The number of rotatable bonds is 6. The lowest BCUT2D eigenvalue weighted by Crippen LogP contribution is -2.49. The van der Waals surface area contributed by atoms with E-state index in [1.54, 1.807) is 17.0 Å². The highest BCUT2D eigenvalue weighted by atomic mass is 16.6. The van der Waals surface area contributed by atoms with E-state index in [4.69, 9.17) is 0 Å². The zero-order chi connectivity index (χ0) is 22.8. The highest BCUT2D eigenvalue weighted by Crippen LogP contribution is 2.31. The number of carbonyl (C=O) groups excluding carboxylic acids is 2. The van der Waals surface area contributed by atoms with Gasteiger partial charge in [-0.15, -0.1) is 0 Å². The van der Waals surface area contributed by atoms with Gasteiger partial charge in [-0.1, -0.05) is 26.0 Å². The fraction of sp³-hybridized carbons (Fsp3) is 0.417. The fourth-order valence-electron chi connectivity index (χ4n) is 3.92. The van der Waals surface area contributed by atoms with Crippen molar-refractivity contribution in [1.29, 1.82) is 0 Å². The van der Waals surface area contributed by atoms with Crippen molar-refractivity contribution in [3.05, 3.63) is 69.3 Å². The Morgan fingerprint density at radius 1 is 1.00 bits per heavy atom. The molecule has 0 bridgehead atoms. The van der Waals surface area contributed by atoms with E-state index < -0.39 is 4.92 Å². The topological polar surface area (TPSA) is 95.8 Å². The molecule has 0 atom stereocenters. The molecule has 32 heavy (non-hydrogen) atoms. The molecule has 2 amide bonds. The molecular weight excluding hydrogens is 408 g/mol. The molecule has 8 nitrogen and oxygen atoms in total. The van der Waals surface area contributed by atoms with Crippen LogP contribution in [0.2, 0.25) is 0 Å². The van der Waals surface area contributed by atoms with Crippen LogP contribution in [-0.4, -0.2) is 53.9 Å². The minimum absolute atomic E-state index is 0.0263. The maximum Gasteiger partial charge on any atom is 0.293 e. The SMILES string of the molecule is CC(C)c1ccc(C(=O)N2CCN(c3ccc(C(=O)NC4CC4)cc3[N+](=O)[O-])CC2)cc1. The largest absolute Gasteiger partial charge is 0.362 e. The number of hydrogen-bond donors (Lipinski definition) is 1. The molecule has 0 aromatic heterocycles. The minimum atomic E-state index is -0.447. The number of nitrogens with one attached hydrogen (secondary N) is 1. The molecule has 1 aliphatic carbocycles. The van der Waals surface area contributed by atoms with Crippen molar-refractivity contribution in [1.82, 2.24) is 10.2 Å². The van der Waals surface area contributed by atoms with Crippen molar-refractivity contribution in [2.75, 3.05) is 31.1 Å². The first-order chi connectivity index (χ1) is 15.3. The van der Waals surface area contributed by atoms with Gasteiger partial charge in [0.2, 0.25) is 0 Å². The summed E-state index contributed by atoms with van der Waals surface area (Å²) in [5, 5.41) is 14.5. The lowest BCUT2D eigenvalue weighted by atomic mass is 10.0. The van der Waals surface area contributed by atoms with Gasteiger partial charge in [0, 0.05) is 49.4 Å². The zero-order valence-electron chi connectivity index (χ0n) is 18.4. The van der Waals surface area contributed by atoms with Crippen LogP contribution in [0.3, 0.4) is 0 Å².